The average Bonchev–Trinajstić information content (AvgIpc) is 2.73. The molecule has 0 spiro atoms. The van der Waals surface area contributed by atoms with Crippen LogP contribution in [-0.4, -0.2) is 49.1 Å². The van der Waals surface area contributed by atoms with Crippen molar-refractivity contribution in [1.29, 1.82) is 0 Å². The number of benzene rings is 2. The van der Waals surface area contributed by atoms with Crippen LogP contribution in [0.15, 0.2) is 48.5 Å². The highest BCUT2D eigenvalue weighted by molar-refractivity contribution is 6.04. The van der Waals surface area contributed by atoms with Gasteiger partial charge in [-0.25, -0.2) is 4.39 Å². The van der Waals surface area contributed by atoms with Gasteiger partial charge >= 0.3 is 0 Å². The lowest BCUT2D eigenvalue weighted by molar-refractivity contribution is -0.122. The summed E-state index contributed by atoms with van der Waals surface area (Å²) in [5, 5.41) is 2.80. The molecule has 2 aromatic rings. The molecule has 0 aliphatic carbocycles. The maximum atomic E-state index is 13.0. The number of ether oxygens (including phenoxy) is 2. The number of anilines is 1. The smallest absolute Gasteiger partial charge is 0.265 e. The first-order chi connectivity index (χ1) is 13.6. The number of hydrogen-bond acceptors (Lipinski definition) is 4. The molecule has 6 nitrogen and oxygen atoms in total. The van der Waals surface area contributed by atoms with E-state index in [2.05, 4.69) is 5.32 Å². The molecule has 28 heavy (non-hydrogen) atoms. The van der Waals surface area contributed by atoms with Crippen molar-refractivity contribution < 1.29 is 23.5 Å². The second-order valence-corrected chi connectivity index (χ2v) is 6.41. The SMILES string of the molecule is CCC(Oc1ccc(F)cc1)C(=O)Nc1ccccc1C(=O)N1CCOCC1. The molecule has 1 fully saturated rings. The fourth-order valence-corrected chi connectivity index (χ4v) is 2.93. The Bertz CT molecular complexity index is 819. The quantitative estimate of drug-likeness (QED) is 0.828. The molecular formula is C21H23FN2O4. The molecule has 0 aromatic heterocycles. The third kappa shape index (κ3) is 4.86. The summed E-state index contributed by atoms with van der Waals surface area (Å²) in [6.45, 7) is 3.87. The zero-order valence-electron chi connectivity index (χ0n) is 15.7. The first-order valence-electron chi connectivity index (χ1n) is 9.27. The largest absolute Gasteiger partial charge is 0.481 e. The molecule has 1 saturated heterocycles. The topological polar surface area (TPSA) is 67.9 Å². The third-order valence-corrected chi connectivity index (χ3v) is 4.47. The molecule has 1 heterocycles. The maximum Gasteiger partial charge on any atom is 0.265 e. The van der Waals surface area contributed by atoms with Gasteiger partial charge in [-0.1, -0.05) is 19.1 Å². The Kier molecular flexibility index (Phi) is 6.60. The second kappa shape index (κ2) is 9.32. The second-order valence-electron chi connectivity index (χ2n) is 6.41. The number of nitrogens with one attached hydrogen (secondary N) is 1. The molecule has 0 saturated carbocycles. The molecule has 1 N–H and O–H groups in total. The van der Waals surface area contributed by atoms with Gasteiger partial charge in [0.25, 0.3) is 11.8 Å². The Hall–Kier alpha value is -2.93. The van der Waals surface area contributed by atoms with Crippen LogP contribution in [0.2, 0.25) is 0 Å². The minimum Gasteiger partial charge on any atom is -0.481 e. The van der Waals surface area contributed by atoms with Gasteiger partial charge in [-0.3, -0.25) is 9.59 Å². The number of amides is 2. The molecule has 1 atom stereocenters. The first-order valence-corrected chi connectivity index (χ1v) is 9.27. The van der Waals surface area contributed by atoms with Crippen molar-refractivity contribution in [3.05, 3.63) is 59.9 Å². The summed E-state index contributed by atoms with van der Waals surface area (Å²) in [6, 6.07) is 12.4. The van der Waals surface area contributed by atoms with Gasteiger partial charge in [0, 0.05) is 13.1 Å². The van der Waals surface area contributed by atoms with Crippen LogP contribution in [0.25, 0.3) is 0 Å². The lowest BCUT2D eigenvalue weighted by atomic mass is 10.1. The van der Waals surface area contributed by atoms with Crippen LogP contribution in [-0.2, 0) is 9.53 Å². The van der Waals surface area contributed by atoms with Crippen LogP contribution in [0.5, 0.6) is 5.75 Å². The van der Waals surface area contributed by atoms with Gasteiger partial charge in [-0.15, -0.1) is 0 Å². The zero-order valence-corrected chi connectivity index (χ0v) is 15.7. The van der Waals surface area contributed by atoms with Crippen molar-refractivity contribution >= 4 is 17.5 Å². The van der Waals surface area contributed by atoms with Gasteiger partial charge in [0.2, 0.25) is 0 Å². The lowest BCUT2D eigenvalue weighted by Crippen LogP contribution is -2.41. The normalized spacial score (nSPS) is 15.0. The zero-order chi connectivity index (χ0) is 19.9. The van der Waals surface area contributed by atoms with E-state index in [0.29, 0.717) is 49.7 Å². The Morgan fingerprint density at radius 1 is 1.14 bits per heavy atom. The molecule has 0 radical (unpaired) electrons. The number of carbonyl (C=O) groups excluding carboxylic acids is 2. The van der Waals surface area contributed by atoms with Crippen molar-refractivity contribution in [3.63, 3.8) is 0 Å². The van der Waals surface area contributed by atoms with E-state index < -0.39 is 6.10 Å². The summed E-state index contributed by atoms with van der Waals surface area (Å²) in [7, 11) is 0. The van der Waals surface area contributed by atoms with E-state index in [1.807, 2.05) is 6.92 Å². The molecular weight excluding hydrogens is 363 g/mol. The van der Waals surface area contributed by atoms with E-state index in [9.17, 15) is 14.0 Å². The van der Waals surface area contributed by atoms with E-state index in [4.69, 9.17) is 9.47 Å². The van der Waals surface area contributed by atoms with Gasteiger partial charge in [0.05, 0.1) is 24.5 Å². The Morgan fingerprint density at radius 2 is 1.82 bits per heavy atom. The fraction of sp³-hybridized carbons (Fsp3) is 0.333. The summed E-state index contributed by atoms with van der Waals surface area (Å²) in [5.41, 5.74) is 0.861. The van der Waals surface area contributed by atoms with Gasteiger partial charge in [0.1, 0.15) is 11.6 Å². The maximum absolute atomic E-state index is 13.0. The van der Waals surface area contributed by atoms with Crippen LogP contribution < -0.4 is 10.1 Å². The van der Waals surface area contributed by atoms with E-state index in [-0.39, 0.29) is 17.6 Å². The van der Waals surface area contributed by atoms with E-state index in [0.717, 1.165) is 0 Å². The summed E-state index contributed by atoms with van der Waals surface area (Å²) in [6.07, 6.45) is -0.347. The lowest BCUT2D eigenvalue weighted by Gasteiger charge is -2.27. The minimum atomic E-state index is -0.767. The molecule has 2 aromatic carbocycles. The highest BCUT2D eigenvalue weighted by Crippen LogP contribution is 2.20. The molecule has 1 aliphatic rings. The molecule has 1 aliphatic heterocycles. The standard InChI is InChI=1S/C21H23FN2O4/c1-2-19(28-16-9-7-15(22)8-10-16)20(25)23-18-6-4-3-5-17(18)21(26)24-11-13-27-14-12-24/h3-10,19H,2,11-14H2,1H3,(H,23,25). The Balaban J connectivity index is 1.72. The monoisotopic (exact) mass is 386 g/mol. The minimum absolute atomic E-state index is 0.147. The number of morpholine rings is 1. The average molecular weight is 386 g/mol. The van der Waals surface area contributed by atoms with E-state index >= 15 is 0 Å². The molecule has 2 amide bonds. The van der Waals surface area contributed by atoms with Gasteiger partial charge in [-0.05, 0) is 42.8 Å². The van der Waals surface area contributed by atoms with Crippen LogP contribution in [0, 0.1) is 5.82 Å². The van der Waals surface area contributed by atoms with Gasteiger partial charge in [-0.2, -0.15) is 0 Å². The molecule has 7 heteroatoms. The fourth-order valence-electron chi connectivity index (χ4n) is 2.93. The van der Waals surface area contributed by atoms with Crippen molar-refractivity contribution in [3.8, 4) is 5.75 Å². The van der Waals surface area contributed by atoms with Crippen LogP contribution in [0.1, 0.15) is 23.7 Å². The highest BCUT2D eigenvalue weighted by Gasteiger charge is 2.24. The Labute approximate surface area is 163 Å². The number of nitrogens with zero attached hydrogens (tertiary/aromatic N) is 1. The Morgan fingerprint density at radius 3 is 2.50 bits per heavy atom. The number of hydrogen-bond donors (Lipinski definition) is 1. The summed E-state index contributed by atoms with van der Waals surface area (Å²) in [5.74, 6) is -0.484. The number of para-hydroxylation sites is 1. The van der Waals surface area contributed by atoms with Crippen molar-refractivity contribution in [2.45, 2.75) is 19.4 Å². The van der Waals surface area contributed by atoms with Crippen LogP contribution in [0.3, 0.4) is 0 Å². The number of rotatable bonds is 6. The predicted molar refractivity (Wildman–Crippen MR) is 103 cm³/mol. The van der Waals surface area contributed by atoms with Gasteiger partial charge < -0.3 is 19.7 Å². The summed E-state index contributed by atoms with van der Waals surface area (Å²) in [4.78, 5) is 27.2. The van der Waals surface area contributed by atoms with Gasteiger partial charge in [0.15, 0.2) is 6.10 Å². The van der Waals surface area contributed by atoms with E-state index in [1.54, 1.807) is 29.2 Å². The molecule has 0 bridgehead atoms. The van der Waals surface area contributed by atoms with Crippen molar-refractivity contribution in [2.24, 2.45) is 0 Å². The first kappa shape index (κ1) is 19.8. The highest BCUT2D eigenvalue weighted by atomic mass is 19.1. The third-order valence-electron chi connectivity index (χ3n) is 4.47. The summed E-state index contributed by atoms with van der Waals surface area (Å²) < 4.78 is 24.0. The van der Waals surface area contributed by atoms with Crippen LogP contribution in [0.4, 0.5) is 10.1 Å². The van der Waals surface area contributed by atoms with Crippen molar-refractivity contribution in [1.82, 2.24) is 4.90 Å². The molecule has 148 valence electrons. The number of halogens is 1. The predicted octanol–water partition coefficient (Wildman–Crippen LogP) is 3.09. The number of carbonyl (C=O) groups is 2. The van der Waals surface area contributed by atoms with E-state index in [1.165, 1.54) is 24.3 Å². The molecule has 3 rings (SSSR count). The summed E-state index contributed by atoms with van der Waals surface area (Å²) >= 11 is 0. The molecule has 1 unspecified atom stereocenters. The van der Waals surface area contributed by atoms with Crippen LogP contribution >= 0.6 is 0 Å². The van der Waals surface area contributed by atoms with Crippen molar-refractivity contribution in [2.75, 3.05) is 31.6 Å².